The van der Waals surface area contributed by atoms with Gasteiger partial charge < -0.3 is 0 Å². The van der Waals surface area contributed by atoms with Gasteiger partial charge in [-0.3, -0.25) is 0 Å². The third-order valence-corrected chi connectivity index (χ3v) is 8.00. The Balaban J connectivity index is 2.54. The average molecular weight is 330 g/mol. The Bertz CT molecular complexity index is 717. The second kappa shape index (κ2) is 5.79. The number of aryl methyl sites for hydroxylation is 2. The minimum absolute atomic E-state index is 0.822. The minimum atomic E-state index is -3.47. The third kappa shape index (κ3) is 2.94. The van der Waals surface area contributed by atoms with Gasteiger partial charge in [0.25, 0.3) is 0 Å². The van der Waals surface area contributed by atoms with E-state index in [4.69, 9.17) is 0 Å². The lowest BCUT2D eigenvalue weighted by molar-refractivity contribution is 0.514. The highest BCUT2D eigenvalue weighted by atomic mass is 32.2. The summed E-state index contributed by atoms with van der Waals surface area (Å²) in [6, 6.07) is 15.5. The van der Waals surface area contributed by atoms with Crippen molar-refractivity contribution < 1.29 is 8.42 Å². The molecule has 2 nitrogen and oxygen atoms in total. The van der Waals surface area contributed by atoms with Gasteiger partial charge in [-0.25, -0.2) is 8.42 Å². The maximum Gasteiger partial charge on any atom is 0.168 e. The first kappa shape index (κ1) is 17.7. The standard InChI is InChI=1S/C20H26O2S/c1-15-7-11-17(12-8-15)19(3,4)23(21,22)20(5,6)18-13-9-16(2)10-14-18/h7-14H,1-6H3. The lowest BCUT2D eigenvalue weighted by atomic mass is 10.00. The molecule has 0 saturated heterocycles. The van der Waals surface area contributed by atoms with Crippen LogP contribution in [0.1, 0.15) is 49.9 Å². The first-order valence-electron chi connectivity index (χ1n) is 7.88. The van der Waals surface area contributed by atoms with Crippen molar-refractivity contribution in [3.8, 4) is 0 Å². The van der Waals surface area contributed by atoms with Crippen molar-refractivity contribution in [2.45, 2.75) is 51.0 Å². The van der Waals surface area contributed by atoms with Crippen molar-refractivity contribution >= 4 is 9.84 Å². The van der Waals surface area contributed by atoms with E-state index in [-0.39, 0.29) is 0 Å². The number of benzene rings is 2. The Morgan fingerprint density at radius 3 is 1.13 bits per heavy atom. The summed E-state index contributed by atoms with van der Waals surface area (Å²) in [4.78, 5) is 0. The molecule has 0 N–H and O–H groups in total. The van der Waals surface area contributed by atoms with Crippen molar-refractivity contribution in [2.75, 3.05) is 0 Å². The molecule has 0 atom stereocenters. The Hall–Kier alpha value is -1.61. The largest absolute Gasteiger partial charge is 0.227 e. The summed E-state index contributed by atoms with van der Waals surface area (Å²) < 4.78 is 25.0. The van der Waals surface area contributed by atoms with Crippen LogP contribution in [0.4, 0.5) is 0 Å². The number of hydrogen-bond donors (Lipinski definition) is 0. The molecule has 23 heavy (non-hydrogen) atoms. The summed E-state index contributed by atoms with van der Waals surface area (Å²) in [6.45, 7) is 11.2. The van der Waals surface area contributed by atoms with Crippen LogP contribution in [0.25, 0.3) is 0 Å². The van der Waals surface area contributed by atoms with Gasteiger partial charge in [-0.05, 0) is 52.7 Å². The predicted octanol–water partition coefficient (Wildman–Crippen LogP) is 4.89. The third-order valence-electron chi connectivity index (χ3n) is 4.84. The highest BCUT2D eigenvalue weighted by Gasteiger charge is 2.47. The fourth-order valence-corrected chi connectivity index (χ4v) is 5.03. The molecule has 0 spiro atoms. The summed E-state index contributed by atoms with van der Waals surface area (Å²) in [6.07, 6.45) is 0. The fourth-order valence-electron chi connectivity index (χ4n) is 2.86. The molecule has 2 aromatic carbocycles. The molecular weight excluding hydrogens is 304 g/mol. The second-order valence-corrected chi connectivity index (χ2v) is 10.3. The molecule has 124 valence electrons. The average Bonchev–Trinajstić information content (AvgIpc) is 2.47. The lowest BCUT2D eigenvalue weighted by Gasteiger charge is -2.36. The molecule has 0 bridgehead atoms. The van der Waals surface area contributed by atoms with Crippen molar-refractivity contribution in [3.63, 3.8) is 0 Å². The predicted molar refractivity (Wildman–Crippen MR) is 97.3 cm³/mol. The molecule has 2 aromatic rings. The van der Waals surface area contributed by atoms with Gasteiger partial charge in [0.1, 0.15) is 0 Å². The van der Waals surface area contributed by atoms with Crippen LogP contribution in [0.5, 0.6) is 0 Å². The second-order valence-electron chi connectivity index (χ2n) is 7.26. The molecule has 0 unspecified atom stereocenters. The molecular formula is C20H26O2S. The van der Waals surface area contributed by atoms with E-state index in [1.165, 1.54) is 0 Å². The number of hydrogen-bond acceptors (Lipinski definition) is 2. The maximum atomic E-state index is 13.4. The Labute approximate surface area is 140 Å². The zero-order chi connectivity index (χ0) is 17.5. The molecule has 0 heterocycles. The van der Waals surface area contributed by atoms with E-state index in [0.29, 0.717) is 0 Å². The highest BCUT2D eigenvalue weighted by molar-refractivity contribution is 7.93. The fraction of sp³-hybridized carbons (Fsp3) is 0.400. The molecule has 0 saturated carbocycles. The summed E-state index contributed by atoms with van der Waals surface area (Å²) in [5.74, 6) is 0. The topological polar surface area (TPSA) is 34.1 Å². The molecule has 0 aliphatic heterocycles. The molecule has 0 radical (unpaired) electrons. The molecule has 0 amide bonds. The van der Waals surface area contributed by atoms with Gasteiger partial charge in [-0.15, -0.1) is 0 Å². The van der Waals surface area contributed by atoms with E-state index >= 15 is 0 Å². The summed E-state index contributed by atoms with van der Waals surface area (Å²) in [7, 11) is -3.47. The van der Waals surface area contributed by atoms with Crippen molar-refractivity contribution in [3.05, 3.63) is 70.8 Å². The zero-order valence-corrected chi connectivity index (χ0v) is 15.7. The van der Waals surface area contributed by atoms with E-state index in [2.05, 4.69) is 0 Å². The van der Waals surface area contributed by atoms with Gasteiger partial charge in [0.2, 0.25) is 0 Å². The lowest BCUT2D eigenvalue weighted by Crippen LogP contribution is -2.42. The summed E-state index contributed by atoms with van der Waals surface area (Å²) in [5, 5.41) is 0. The molecule has 2 rings (SSSR count). The first-order valence-corrected chi connectivity index (χ1v) is 9.37. The van der Waals surface area contributed by atoms with E-state index in [1.807, 2.05) is 62.4 Å². The molecule has 0 aliphatic rings. The van der Waals surface area contributed by atoms with Gasteiger partial charge in [0, 0.05) is 0 Å². The molecule has 0 aliphatic carbocycles. The Morgan fingerprint density at radius 2 is 0.870 bits per heavy atom. The number of rotatable bonds is 4. The number of sulfone groups is 1. The van der Waals surface area contributed by atoms with E-state index in [0.717, 1.165) is 22.3 Å². The first-order chi connectivity index (χ1) is 10.5. The van der Waals surface area contributed by atoms with Crippen molar-refractivity contribution in [2.24, 2.45) is 0 Å². The van der Waals surface area contributed by atoms with E-state index in [9.17, 15) is 8.42 Å². The van der Waals surface area contributed by atoms with E-state index < -0.39 is 19.3 Å². The van der Waals surface area contributed by atoms with Gasteiger partial charge in [0.15, 0.2) is 9.84 Å². The quantitative estimate of drug-likeness (QED) is 0.800. The molecule has 3 heteroatoms. The van der Waals surface area contributed by atoms with Crippen LogP contribution in [0, 0.1) is 13.8 Å². The Kier molecular flexibility index (Phi) is 4.46. The van der Waals surface area contributed by atoms with Gasteiger partial charge in [-0.1, -0.05) is 59.7 Å². The van der Waals surface area contributed by atoms with Crippen LogP contribution in [-0.4, -0.2) is 8.42 Å². The van der Waals surface area contributed by atoms with Crippen molar-refractivity contribution in [1.82, 2.24) is 0 Å². The summed E-state index contributed by atoms with van der Waals surface area (Å²) in [5.41, 5.74) is 3.89. The van der Waals surface area contributed by atoms with Gasteiger partial charge >= 0.3 is 0 Å². The van der Waals surface area contributed by atoms with Crippen LogP contribution in [0.15, 0.2) is 48.5 Å². The SMILES string of the molecule is Cc1ccc(C(C)(C)S(=O)(=O)C(C)(C)c2ccc(C)cc2)cc1. The normalized spacial score (nSPS) is 13.1. The monoisotopic (exact) mass is 330 g/mol. The molecule has 0 aromatic heterocycles. The Morgan fingerprint density at radius 1 is 0.609 bits per heavy atom. The zero-order valence-electron chi connectivity index (χ0n) is 14.8. The van der Waals surface area contributed by atoms with Gasteiger partial charge in [0.05, 0.1) is 9.49 Å². The summed E-state index contributed by atoms with van der Waals surface area (Å²) >= 11 is 0. The van der Waals surface area contributed by atoms with Crippen molar-refractivity contribution in [1.29, 1.82) is 0 Å². The van der Waals surface area contributed by atoms with Gasteiger partial charge in [-0.2, -0.15) is 0 Å². The van der Waals surface area contributed by atoms with E-state index in [1.54, 1.807) is 27.7 Å². The maximum absolute atomic E-state index is 13.4. The molecule has 0 fully saturated rings. The minimum Gasteiger partial charge on any atom is -0.227 e. The highest BCUT2D eigenvalue weighted by Crippen LogP contribution is 2.42. The van der Waals surface area contributed by atoms with Crippen LogP contribution in [-0.2, 0) is 19.3 Å². The van der Waals surface area contributed by atoms with Crippen LogP contribution >= 0.6 is 0 Å². The van der Waals surface area contributed by atoms with Crippen LogP contribution < -0.4 is 0 Å². The smallest absolute Gasteiger partial charge is 0.168 e. The van der Waals surface area contributed by atoms with Crippen LogP contribution in [0.3, 0.4) is 0 Å². The van der Waals surface area contributed by atoms with Crippen LogP contribution in [0.2, 0.25) is 0 Å².